The first-order valence-corrected chi connectivity index (χ1v) is 10.0. The first kappa shape index (κ1) is 20.3. The van der Waals surface area contributed by atoms with E-state index in [9.17, 15) is 14.4 Å². The predicted molar refractivity (Wildman–Crippen MR) is 118 cm³/mol. The van der Waals surface area contributed by atoms with Crippen LogP contribution >= 0.6 is 0 Å². The Bertz CT molecular complexity index is 1100. The van der Waals surface area contributed by atoms with Crippen LogP contribution in [0.5, 0.6) is 0 Å². The molecule has 1 aliphatic rings. The molecule has 4 rings (SSSR count). The molecule has 0 aromatic heterocycles. The van der Waals surface area contributed by atoms with E-state index in [1.54, 1.807) is 30.3 Å². The molecule has 0 saturated carbocycles. The summed E-state index contributed by atoms with van der Waals surface area (Å²) in [5.74, 6) is -0.922. The molecule has 0 aliphatic carbocycles. The Morgan fingerprint density at radius 2 is 1.45 bits per heavy atom. The van der Waals surface area contributed by atoms with Crippen LogP contribution in [0.25, 0.3) is 0 Å². The molecule has 1 heterocycles. The summed E-state index contributed by atoms with van der Waals surface area (Å²) in [4.78, 5) is 40.1. The van der Waals surface area contributed by atoms with Crippen LogP contribution in [0, 0.1) is 13.8 Å². The molecule has 156 valence electrons. The van der Waals surface area contributed by atoms with Crippen LogP contribution < -0.4 is 10.6 Å². The first-order valence-electron chi connectivity index (χ1n) is 10.0. The minimum atomic E-state index is -1.37. The molecule has 1 fully saturated rings. The van der Waals surface area contributed by atoms with Crippen molar-refractivity contribution in [1.29, 1.82) is 0 Å². The molecular weight excluding hydrogens is 390 g/mol. The van der Waals surface area contributed by atoms with Gasteiger partial charge in [-0.2, -0.15) is 0 Å². The van der Waals surface area contributed by atoms with Crippen molar-refractivity contribution in [2.75, 3.05) is 11.9 Å². The molecule has 0 bridgehead atoms. The van der Waals surface area contributed by atoms with Gasteiger partial charge in [-0.1, -0.05) is 66.7 Å². The topological polar surface area (TPSA) is 78.5 Å². The lowest BCUT2D eigenvalue weighted by molar-refractivity contribution is -0.133. The number of aryl methyl sites for hydroxylation is 2. The molecule has 2 N–H and O–H groups in total. The van der Waals surface area contributed by atoms with Crippen LogP contribution in [-0.2, 0) is 15.1 Å². The van der Waals surface area contributed by atoms with Crippen molar-refractivity contribution in [2.24, 2.45) is 0 Å². The van der Waals surface area contributed by atoms with Gasteiger partial charge in [-0.3, -0.25) is 14.5 Å². The van der Waals surface area contributed by atoms with Gasteiger partial charge in [0.15, 0.2) is 5.54 Å². The normalized spacial score (nSPS) is 15.0. The lowest BCUT2D eigenvalue weighted by Gasteiger charge is -2.28. The molecule has 3 aromatic carbocycles. The highest BCUT2D eigenvalue weighted by Gasteiger charge is 2.54. The quantitative estimate of drug-likeness (QED) is 0.626. The van der Waals surface area contributed by atoms with Crippen LogP contribution in [0.2, 0.25) is 0 Å². The van der Waals surface area contributed by atoms with Gasteiger partial charge in [-0.15, -0.1) is 0 Å². The summed E-state index contributed by atoms with van der Waals surface area (Å²) in [7, 11) is 0. The summed E-state index contributed by atoms with van der Waals surface area (Å²) < 4.78 is 0. The highest BCUT2D eigenvalue weighted by Crippen LogP contribution is 2.35. The first-order chi connectivity index (χ1) is 14.9. The van der Waals surface area contributed by atoms with Gasteiger partial charge in [-0.25, -0.2) is 4.79 Å². The number of hydrogen-bond donors (Lipinski definition) is 2. The van der Waals surface area contributed by atoms with Gasteiger partial charge in [0.1, 0.15) is 6.54 Å². The fourth-order valence-corrected chi connectivity index (χ4v) is 3.82. The lowest BCUT2D eigenvalue weighted by atomic mass is 9.82. The molecule has 0 atom stereocenters. The van der Waals surface area contributed by atoms with Crippen LogP contribution in [0.15, 0.2) is 78.9 Å². The minimum Gasteiger partial charge on any atom is -0.325 e. The van der Waals surface area contributed by atoms with Gasteiger partial charge in [-0.05, 0) is 48.2 Å². The monoisotopic (exact) mass is 413 g/mol. The molecule has 0 radical (unpaired) electrons. The zero-order valence-corrected chi connectivity index (χ0v) is 17.4. The Morgan fingerprint density at radius 3 is 2.00 bits per heavy atom. The smallest absolute Gasteiger partial charge is 0.325 e. The molecule has 3 aromatic rings. The Hall–Kier alpha value is -3.93. The van der Waals surface area contributed by atoms with E-state index >= 15 is 0 Å². The standard InChI is InChI=1S/C25H23N3O3/c1-17-13-14-21(15-18(17)2)26-22(29)16-28-23(30)25(27-24(28)31,19-9-5-3-6-10-19)20-11-7-4-8-12-20/h3-15H,16H2,1-2H3,(H,26,29)(H,27,31). The second-order valence-corrected chi connectivity index (χ2v) is 7.65. The van der Waals surface area contributed by atoms with E-state index in [2.05, 4.69) is 10.6 Å². The van der Waals surface area contributed by atoms with Crippen molar-refractivity contribution in [2.45, 2.75) is 19.4 Å². The fraction of sp³-hybridized carbons (Fsp3) is 0.160. The zero-order chi connectivity index (χ0) is 22.0. The number of nitrogens with zero attached hydrogens (tertiary/aromatic N) is 1. The molecule has 6 heteroatoms. The molecule has 1 aliphatic heterocycles. The number of imide groups is 1. The van der Waals surface area contributed by atoms with Gasteiger partial charge in [0.2, 0.25) is 5.91 Å². The average molecular weight is 413 g/mol. The Balaban J connectivity index is 1.63. The van der Waals surface area contributed by atoms with Crippen LogP contribution in [0.4, 0.5) is 10.5 Å². The number of anilines is 1. The van der Waals surface area contributed by atoms with E-state index in [0.29, 0.717) is 16.8 Å². The maximum atomic E-state index is 13.6. The summed E-state index contributed by atoms with van der Waals surface area (Å²) in [6.45, 7) is 3.57. The number of nitrogens with one attached hydrogen (secondary N) is 2. The summed E-state index contributed by atoms with van der Waals surface area (Å²) >= 11 is 0. The highest BCUT2D eigenvalue weighted by atomic mass is 16.2. The third-order valence-electron chi connectivity index (χ3n) is 5.61. The van der Waals surface area contributed by atoms with Crippen LogP contribution in [0.3, 0.4) is 0 Å². The number of amides is 4. The van der Waals surface area contributed by atoms with E-state index < -0.39 is 23.4 Å². The summed E-state index contributed by atoms with van der Waals surface area (Å²) in [6.07, 6.45) is 0. The average Bonchev–Trinajstić information content (AvgIpc) is 3.03. The SMILES string of the molecule is Cc1ccc(NC(=O)CN2C(=O)NC(c3ccccc3)(c3ccccc3)C2=O)cc1C. The number of benzene rings is 3. The van der Waals surface area contributed by atoms with Crippen molar-refractivity contribution in [3.8, 4) is 0 Å². The summed E-state index contributed by atoms with van der Waals surface area (Å²) in [5, 5.41) is 5.62. The molecule has 0 spiro atoms. The summed E-state index contributed by atoms with van der Waals surface area (Å²) in [5.41, 5.74) is 2.67. The highest BCUT2D eigenvalue weighted by molar-refractivity contribution is 6.12. The van der Waals surface area contributed by atoms with Gasteiger partial charge in [0.25, 0.3) is 5.91 Å². The number of carbonyl (C=O) groups is 3. The van der Waals surface area contributed by atoms with Gasteiger partial charge < -0.3 is 10.6 Å². The third kappa shape index (κ3) is 3.68. The van der Waals surface area contributed by atoms with Crippen molar-refractivity contribution in [3.05, 3.63) is 101 Å². The van der Waals surface area contributed by atoms with E-state index in [-0.39, 0.29) is 6.54 Å². The number of hydrogen-bond acceptors (Lipinski definition) is 3. The Morgan fingerprint density at radius 1 is 0.871 bits per heavy atom. The van der Waals surface area contributed by atoms with Crippen molar-refractivity contribution < 1.29 is 14.4 Å². The molecule has 31 heavy (non-hydrogen) atoms. The largest absolute Gasteiger partial charge is 0.326 e. The molecule has 0 unspecified atom stereocenters. The van der Waals surface area contributed by atoms with E-state index in [1.165, 1.54) is 0 Å². The Kier molecular flexibility index (Phi) is 5.29. The fourth-order valence-electron chi connectivity index (χ4n) is 3.82. The van der Waals surface area contributed by atoms with E-state index in [0.717, 1.165) is 16.0 Å². The minimum absolute atomic E-state index is 0.376. The number of carbonyl (C=O) groups excluding carboxylic acids is 3. The van der Waals surface area contributed by atoms with Crippen molar-refractivity contribution >= 4 is 23.5 Å². The maximum Gasteiger partial charge on any atom is 0.326 e. The second kappa shape index (κ2) is 8.07. The summed E-state index contributed by atoms with van der Waals surface area (Å²) in [6, 6.07) is 23.1. The predicted octanol–water partition coefficient (Wildman–Crippen LogP) is 3.74. The van der Waals surface area contributed by atoms with Gasteiger partial charge in [0, 0.05) is 5.69 Å². The maximum absolute atomic E-state index is 13.6. The Labute approximate surface area is 180 Å². The molecule has 1 saturated heterocycles. The molecular formula is C25H23N3O3. The van der Waals surface area contributed by atoms with Crippen LogP contribution in [-0.4, -0.2) is 29.3 Å². The van der Waals surface area contributed by atoms with Crippen LogP contribution in [0.1, 0.15) is 22.3 Å². The third-order valence-corrected chi connectivity index (χ3v) is 5.61. The van der Waals surface area contributed by atoms with Gasteiger partial charge in [0.05, 0.1) is 0 Å². The van der Waals surface area contributed by atoms with Crippen molar-refractivity contribution in [3.63, 3.8) is 0 Å². The van der Waals surface area contributed by atoms with E-state index in [1.807, 2.05) is 62.4 Å². The lowest BCUT2D eigenvalue weighted by Crippen LogP contribution is -2.45. The zero-order valence-electron chi connectivity index (χ0n) is 17.4. The number of rotatable bonds is 5. The number of urea groups is 1. The van der Waals surface area contributed by atoms with Crippen molar-refractivity contribution in [1.82, 2.24) is 10.2 Å². The second-order valence-electron chi connectivity index (χ2n) is 7.65. The van der Waals surface area contributed by atoms with Gasteiger partial charge >= 0.3 is 6.03 Å². The molecule has 6 nitrogen and oxygen atoms in total. The molecule has 4 amide bonds. The van der Waals surface area contributed by atoms with E-state index in [4.69, 9.17) is 0 Å².